The van der Waals surface area contributed by atoms with Crippen molar-refractivity contribution >= 4 is 0 Å². The van der Waals surface area contributed by atoms with Crippen LogP contribution in [0.1, 0.15) is 46.0 Å². The standard InChI is InChI=1S/C18H32N2O/c1-5-17(2)15-18(10-14-21-17)9-8-13-20(16-18)12-7-6-11-19(3)4/h5,8-16H2,1-4H3. The molecule has 2 fully saturated rings. The van der Waals surface area contributed by atoms with E-state index in [9.17, 15) is 0 Å². The second-order valence-electron chi connectivity index (χ2n) is 7.48. The molecule has 0 aliphatic carbocycles. The minimum absolute atomic E-state index is 0.0951. The van der Waals surface area contributed by atoms with Crippen LogP contribution in [0.15, 0.2) is 0 Å². The molecule has 2 atom stereocenters. The van der Waals surface area contributed by atoms with E-state index in [1.165, 1.54) is 38.8 Å². The van der Waals surface area contributed by atoms with Crippen LogP contribution in [0.5, 0.6) is 0 Å². The fourth-order valence-corrected chi connectivity index (χ4v) is 3.85. The van der Waals surface area contributed by atoms with Crippen molar-refractivity contribution in [2.75, 3.05) is 46.9 Å². The predicted molar refractivity (Wildman–Crippen MR) is 88.3 cm³/mol. The highest BCUT2D eigenvalue weighted by molar-refractivity contribution is 5.04. The van der Waals surface area contributed by atoms with Crippen LogP contribution in [0, 0.1) is 17.3 Å². The Morgan fingerprint density at radius 2 is 2.05 bits per heavy atom. The third kappa shape index (κ3) is 4.71. The average molecular weight is 292 g/mol. The van der Waals surface area contributed by atoms with Crippen molar-refractivity contribution < 1.29 is 4.74 Å². The molecule has 1 spiro atoms. The smallest absolute Gasteiger partial charge is 0.0657 e. The Kier molecular flexibility index (Phi) is 5.71. The average Bonchev–Trinajstić information content (AvgIpc) is 2.43. The normalized spacial score (nSPS) is 34.0. The van der Waals surface area contributed by atoms with Crippen molar-refractivity contribution in [1.82, 2.24) is 9.80 Å². The van der Waals surface area contributed by atoms with Crippen LogP contribution in [-0.2, 0) is 4.74 Å². The molecule has 2 unspecified atom stereocenters. The van der Waals surface area contributed by atoms with Gasteiger partial charge in [-0.05, 0) is 65.1 Å². The van der Waals surface area contributed by atoms with Gasteiger partial charge < -0.3 is 4.74 Å². The van der Waals surface area contributed by atoms with Gasteiger partial charge in [0, 0.05) is 13.2 Å². The molecule has 0 N–H and O–H groups in total. The zero-order chi connectivity index (χ0) is 15.3. The van der Waals surface area contributed by atoms with E-state index in [1.807, 2.05) is 0 Å². The first-order valence-electron chi connectivity index (χ1n) is 8.44. The minimum atomic E-state index is 0.0951. The Balaban J connectivity index is 1.91. The molecule has 2 aliphatic heterocycles. The lowest BCUT2D eigenvalue weighted by molar-refractivity contribution is -0.132. The summed E-state index contributed by atoms with van der Waals surface area (Å²) in [6, 6.07) is 0. The van der Waals surface area contributed by atoms with E-state index in [-0.39, 0.29) is 5.60 Å². The number of hydrogen-bond donors (Lipinski definition) is 0. The van der Waals surface area contributed by atoms with Gasteiger partial charge in [-0.3, -0.25) is 9.80 Å². The summed E-state index contributed by atoms with van der Waals surface area (Å²) in [4.78, 5) is 4.68. The van der Waals surface area contributed by atoms with Gasteiger partial charge in [0.1, 0.15) is 0 Å². The van der Waals surface area contributed by atoms with Crippen molar-refractivity contribution in [2.24, 2.45) is 5.41 Å². The Morgan fingerprint density at radius 3 is 2.76 bits per heavy atom. The summed E-state index contributed by atoms with van der Waals surface area (Å²) in [6.07, 6.45) is 6.25. The summed E-state index contributed by atoms with van der Waals surface area (Å²) in [5, 5.41) is 0. The van der Waals surface area contributed by atoms with Crippen LogP contribution in [0.3, 0.4) is 0 Å². The van der Waals surface area contributed by atoms with Crippen LogP contribution in [0.2, 0.25) is 0 Å². The SMILES string of the molecule is CCC1(C)CC2(CCCN(CC#CCN(C)C)C2)CCO1. The lowest BCUT2D eigenvalue weighted by Crippen LogP contribution is -2.51. The fourth-order valence-electron chi connectivity index (χ4n) is 3.85. The number of likely N-dealkylation sites (tertiary alicyclic amines) is 1. The lowest BCUT2D eigenvalue weighted by atomic mass is 9.68. The summed E-state index contributed by atoms with van der Waals surface area (Å²) in [5.74, 6) is 6.61. The number of piperidine rings is 1. The van der Waals surface area contributed by atoms with Gasteiger partial charge >= 0.3 is 0 Å². The van der Waals surface area contributed by atoms with Gasteiger partial charge in [-0.2, -0.15) is 0 Å². The van der Waals surface area contributed by atoms with E-state index in [0.29, 0.717) is 5.41 Å². The first-order valence-corrected chi connectivity index (χ1v) is 8.44. The molecular formula is C18H32N2O. The first kappa shape index (κ1) is 16.8. The maximum atomic E-state index is 6.05. The van der Waals surface area contributed by atoms with Crippen molar-refractivity contribution in [2.45, 2.75) is 51.6 Å². The molecule has 3 heteroatoms. The number of rotatable bonds is 3. The van der Waals surface area contributed by atoms with E-state index in [2.05, 4.69) is 49.6 Å². The van der Waals surface area contributed by atoms with Crippen LogP contribution >= 0.6 is 0 Å². The number of hydrogen-bond acceptors (Lipinski definition) is 3. The molecule has 120 valence electrons. The third-order valence-electron chi connectivity index (χ3n) is 5.14. The van der Waals surface area contributed by atoms with Gasteiger partial charge in [0.25, 0.3) is 0 Å². The molecule has 2 aliphatic rings. The zero-order valence-electron chi connectivity index (χ0n) is 14.4. The van der Waals surface area contributed by atoms with Crippen LogP contribution in [0.25, 0.3) is 0 Å². The minimum Gasteiger partial charge on any atom is -0.375 e. The molecular weight excluding hydrogens is 260 g/mol. The van der Waals surface area contributed by atoms with Gasteiger partial charge in [0.15, 0.2) is 0 Å². The molecule has 0 amide bonds. The molecule has 0 saturated carbocycles. The van der Waals surface area contributed by atoms with Crippen LogP contribution in [0.4, 0.5) is 0 Å². The maximum Gasteiger partial charge on any atom is 0.0657 e. The first-order chi connectivity index (χ1) is 9.97. The van der Waals surface area contributed by atoms with E-state index in [4.69, 9.17) is 4.74 Å². The fraction of sp³-hybridized carbons (Fsp3) is 0.889. The highest BCUT2D eigenvalue weighted by Crippen LogP contribution is 2.45. The van der Waals surface area contributed by atoms with Crippen molar-refractivity contribution in [1.29, 1.82) is 0 Å². The topological polar surface area (TPSA) is 15.7 Å². The van der Waals surface area contributed by atoms with Crippen LogP contribution < -0.4 is 0 Å². The van der Waals surface area contributed by atoms with Gasteiger partial charge in [-0.25, -0.2) is 0 Å². The van der Waals surface area contributed by atoms with E-state index in [1.54, 1.807) is 0 Å². The second kappa shape index (κ2) is 7.13. The van der Waals surface area contributed by atoms with E-state index < -0.39 is 0 Å². The Hall–Kier alpha value is -0.560. The Labute approximate surface area is 131 Å². The van der Waals surface area contributed by atoms with E-state index in [0.717, 1.165) is 26.1 Å². The monoisotopic (exact) mass is 292 g/mol. The Bertz CT molecular complexity index is 394. The summed E-state index contributed by atoms with van der Waals surface area (Å²) in [7, 11) is 4.14. The molecule has 0 bridgehead atoms. The molecule has 0 aromatic rings. The molecule has 3 nitrogen and oxygen atoms in total. The Morgan fingerprint density at radius 1 is 1.24 bits per heavy atom. The molecule has 2 rings (SSSR count). The maximum absolute atomic E-state index is 6.05. The second-order valence-corrected chi connectivity index (χ2v) is 7.48. The van der Waals surface area contributed by atoms with Crippen molar-refractivity contribution in [3.63, 3.8) is 0 Å². The largest absolute Gasteiger partial charge is 0.375 e. The zero-order valence-corrected chi connectivity index (χ0v) is 14.4. The lowest BCUT2D eigenvalue weighted by Gasteiger charge is -2.50. The highest BCUT2D eigenvalue weighted by Gasteiger charge is 2.44. The van der Waals surface area contributed by atoms with Crippen LogP contribution in [-0.4, -0.2) is 62.3 Å². The summed E-state index contributed by atoms with van der Waals surface area (Å²) < 4.78 is 6.05. The van der Waals surface area contributed by atoms with Crippen molar-refractivity contribution in [3.05, 3.63) is 0 Å². The van der Waals surface area contributed by atoms with Crippen molar-refractivity contribution in [3.8, 4) is 11.8 Å². The van der Waals surface area contributed by atoms with Gasteiger partial charge in [-0.15, -0.1) is 0 Å². The summed E-state index contributed by atoms with van der Waals surface area (Å²) >= 11 is 0. The quantitative estimate of drug-likeness (QED) is 0.744. The third-order valence-corrected chi connectivity index (χ3v) is 5.14. The summed E-state index contributed by atoms with van der Waals surface area (Å²) in [6.45, 7) is 9.70. The number of ether oxygens (including phenoxy) is 1. The molecule has 0 aromatic heterocycles. The van der Waals surface area contributed by atoms with Gasteiger partial charge in [0.05, 0.1) is 18.7 Å². The molecule has 21 heavy (non-hydrogen) atoms. The van der Waals surface area contributed by atoms with E-state index >= 15 is 0 Å². The van der Waals surface area contributed by atoms with Gasteiger partial charge in [0.2, 0.25) is 0 Å². The van der Waals surface area contributed by atoms with Gasteiger partial charge in [-0.1, -0.05) is 18.8 Å². The molecule has 0 radical (unpaired) electrons. The predicted octanol–water partition coefficient (Wildman–Crippen LogP) is 2.61. The highest BCUT2D eigenvalue weighted by atomic mass is 16.5. The summed E-state index contributed by atoms with van der Waals surface area (Å²) in [5.41, 5.74) is 0.572. The number of nitrogens with zero attached hydrogens (tertiary/aromatic N) is 2. The molecule has 0 aromatic carbocycles. The molecule has 2 heterocycles. The molecule has 2 saturated heterocycles.